The minimum absolute atomic E-state index is 0.0479. The lowest BCUT2D eigenvalue weighted by atomic mass is 9.85. The summed E-state index contributed by atoms with van der Waals surface area (Å²) in [5.74, 6) is -0.307. The minimum atomic E-state index is -0.596. The van der Waals surface area contributed by atoms with Crippen molar-refractivity contribution >= 4 is 23.2 Å². The van der Waals surface area contributed by atoms with Crippen LogP contribution in [-0.4, -0.2) is 28.6 Å². The maximum atomic E-state index is 12.1. The van der Waals surface area contributed by atoms with Crippen molar-refractivity contribution in [1.82, 2.24) is 5.32 Å². The standard InChI is InChI=1S/C15H19ClN2O4/c16-13-7-6-11(18(21)22)8-12(13)15(20)17-9-14(19)10-4-2-1-3-5-10/h6-8,10,14,19H,1-5,9H2,(H,17,20). The van der Waals surface area contributed by atoms with Gasteiger partial charge in [0.05, 0.1) is 21.6 Å². The number of nitro groups is 1. The first-order valence-electron chi connectivity index (χ1n) is 7.39. The highest BCUT2D eigenvalue weighted by molar-refractivity contribution is 6.33. The van der Waals surface area contributed by atoms with E-state index in [2.05, 4.69) is 5.32 Å². The summed E-state index contributed by atoms with van der Waals surface area (Å²) < 4.78 is 0. The third kappa shape index (κ3) is 4.18. The Labute approximate surface area is 133 Å². The molecule has 2 rings (SSSR count). The van der Waals surface area contributed by atoms with Crippen molar-refractivity contribution in [2.75, 3.05) is 6.54 Å². The molecule has 7 heteroatoms. The number of aliphatic hydroxyl groups excluding tert-OH is 1. The Hall–Kier alpha value is -1.66. The summed E-state index contributed by atoms with van der Waals surface area (Å²) in [6.07, 6.45) is 4.74. The van der Waals surface area contributed by atoms with Gasteiger partial charge in [0.15, 0.2) is 0 Å². The molecule has 1 amide bonds. The number of non-ortho nitro benzene ring substituents is 1. The maximum Gasteiger partial charge on any atom is 0.270 e. The van der Waals surface area contributed by atoms with E-state index in [1.165, 1.54) is 18.6 Å². The number of hydrogen-bond donors (Lipinski definition) is 2. The van der Waals surface area contributed by atoms with Crippen molar-refractivity contribution in [1.29, 1.82) is 0 Å². The molecule has 1 fully saturated rings. The van der Waals surface area contributed by atoms with Gasteiger partial charge in [-0.3, -0.25) is 14.9 Å². The van der Waals surface area contributed by atoms with E-state index < -0.39 is 16.9 Å². The third-order valence-corrected chi connectivity index (χ3v) is 4.40. The molecular formula is C15H19ClN2O4. The van der Waals surface area contributed by atoms with Gasteiger partial charge in [-0.2, -0.15) is 0 Å². The van der Waals surface area contributed by atoms with E-state index in [1.807, 2.05) is 0 Å². The van der Waals surface area contributed by atoms with Gasteiger partial charge >= 0.3 is 0 Å². The van der Waals surface area contributed by atoms with Gasteiger partial charge in [-0.05, 0) is 24.8 Å². The molecule has 1 aliphatic rings. The zero-order valence-electron chi connectivity index (χ0n) is 12.1. The average Bonchev–Trinajstić information content (AvgIpc) is 2.53. The fourth-order valence-electron chi connectivity index (χ4n) is 2.78. The van der Waals surface area contributed by atoms with E-state index in [0.717, 1.165) is 31.7 Å². The molecule has 6 nitrogen and oxygen atoms in total. The summed E-state index contributed by atoms with van der Waals surface area (Å²) in [5, 5.41) is 23.6. The quantitative estimate of drug-likeness (QED) is 0.642. The Morgan fingerprint density at radius 3 is 2.73 bits per heavy atom. The molecule has 22 heavy (non-hydrogen) atoms. The number of aliphatic hydroxyl groups is 1. The molecule has 1 aromatic carbocycles. The SMILES string of the molecule is O=C(NCC(O)C1CCCCC1)c1cc([N+](=O)[O-])ccc1Cl. The minimum Gasteiger partial charge on any atom is -0.391 e. The molecule has 0 radical (unpaired) electrons. The lowest BCUT2D eigenvalue weighted by Crippen LogP contribution is -2.37. The van der Waals surface area contributed by atoms with Crippen LogP contribution in [0.5, 0.6) is 0 Å². The second-order valence-electron chi connectivity index (χ2n) is 5.60. The zero-order valence-corrected chi connectivity index (χ0v) is 12.9. The van der Waals surface area contributed by atoms with Gasteiger partial charge in [-0.1, -0.05) is 30.9 Å². The molecule has 0 bridgehead atoms. The number of amides is 1. The van der Waals surface area contributed by atoms with Crippen LogP contribution < -0.4 is 5.32 Å². The summed E-state index contributed by atoms with van der Waals surface area (Å²) in [4.78, 5) is 22.3. The molecule has 1 saturated carbocycles. The summed E-state index contributed by atoms with van der Waals surface area (Å²) in [6.45, 7) is 0.128. The number of nitrogens with zero attached hydrogens (tertiary/aromatic N) is 1. The predicted octanol–water partition coefficient (Wildman–Crippen LogP) is 2.92. The number of carbonyl (C=O) groups excluding carboxylic acids is 1. The first kappa shape index (κ1) is 16.7. The van der Waals surface area contributed by atoms with Crippen molar-refractivity contribution in [3.63, 3.8) is 0 Å². The number of benzene rings is 1. The molecule has 0 aromatic heterocycles. The van der Waals surface area contributed by atoms with Gasteiger partial charge in [-0.25, -0.2) is 0 Å². The second-order valence-corrected chi connectivity index (χ2v) is 6.00. The van der Waals surface area contributed by atoms with Crippen LogP contribution in [0.1, 0.15) is 42.5 Å². The third-order valence-electron chi connectivity index (χ3n) is 4.07. The molecule has 1 aromatic rings. The van der Waals surface area contributed by atoms with Crippen LogP contribution in [0.3, 0.4) is 0 Å². The van der Waals surface area contributed by atoms with E-state index in [1.54, 1.807) is 0 Å². The topological polar surface area (TPSA) is 92.5 Å². The molecular weight excluding hydrogens is 308 g/mol. The van der Waals surface area contributed by atoms with Crippen molar-refractivity contribution in [3.05, 3.63) is 38.9 Å². The van der Waals surface area contributed by atoms with Gasteiger partial charge in [0.1, 0.15) is 0 Å². The van der Waals surface area contributed by atoms with Crippen molar-refractivity contribution < 1.29 is 14.8 Å². The van der Waals surface area contributed by atoms with Crippen molar-refractivity contribution in [3.8, 4) is 0 Å². The molecule has 2 N–H and O–H groups in total. The summed E-state index contributed by atoms with van der Waals surface area (Å²) in [5.41, 5.74) is -0.144. The van der Waals surface area contributed by atoms with Crippen LogP contribution in [0.4, 0.5) is 5.69 Å². The number of nitrogens with one attached hydrogen (secondary N) is 1. The molecule has 0 saturated heterocycles. The number of hydrogen-bond acceptors (Lipinski definition) is 4. The van der Waals surface area contributed by atoms with Crippen LogP contribution in [0.15, 0.2) is 18.2 Å². The number of halogens is 1. The normalized spacial score (nSPS) is 17.0. The highest BCUT2D eigenvalue weighted by Gasteiger charge is 2.23. The summed E-state index contributed by atoms with van der Waals surface area (Å²) in [6, 6.07) is 3.72. The van der Waals surface area contributed by atoms with Gasteiger partial charge in [0.25, 0.3) is 11.6 Å². The van der Waals surface area contributed by atoms with E-state index in [-0.39, 0.29) is 28.7 Å². The largest absolute Gasteiger partial charge is 0.391 e. The van der Waals surface area contributed by atoms with E-state index in [4.69, 9.17) is 11.6 Å². The lowest BCUT2D eigenvalue weighted by molar-refractivity contribution is -0.384. The Bertz CT molecular complexity index is 558. The molecule has 1 atom stereocenters. The van der Waals surface area contributed by atoms with Crippen LogP contribution >= 0.6 is 11.6 Å². The van der Waals surface area contributed by atoms with Gasteiger partial charge in [0.2, 0.25) is 0 Å². The molecule has 120 valence electrons. The van der Waals surface area contributed by atoms with E-state index in [9.17, 15) is 20.0 Å². The number of nitro benzene ring substituents is 1. The van der Waals surface area contributed by atoms with Crippen LogP contribution in [-0.2, 0) is 0 Å². The molecule has 0 heterocycles. The molecule has 1 unspecified atom stereocenters. The van der Waals surface area contributed by atoms with Crippen LogP contribution in [0, 0.1) is 16.0 Å². The van der Waals surface area contributed by atoms with E-state index >= 15 is 0 Å². The second kappa shape index (κ2) is 7.56. The van der Waals surface area contributed by atoms with E-state index in [0.29, 0.717) is 0 Å². The Kier molecular flexibility index (Phi) is 5.74. The summed E-state index contributed by atoms with van der Waals surface area (Å²) >= 11 is 5.91. The Balaban J connectivity index is 1.97. The maximum absolute atomic E-state index is 12.1. The van der Waals surface area contributed by atoms with Gasteiger partial charge in [-0.15, -0.1) is 0 Å². The Morgan fingerprint density at radius 1 is 1.41 bits per heavy atom. The lowest BCUT2D eigenvalue weighted by Gasteiger charge is -2.26. The smallest absolute Gasteiger partial charge is 0.270 e. The average molecular weight is 327 g/mol. The summed E-state index contributed by atoms with van der Waals surface area (Å²) in [7, 11) is 0. The van der Waals surface area contributed by atoms with Crippen LogP contribution in [0.2, 0.25) is 5.02 Å². The van der Waals surface area contributed by atoms with Crippen molar-refractivity contribution in [2.24, 2.45) is 5.92 Å². The highest BCUT2D eigenvalue weighted by Crippen LogP contribution is 2.26. The number of rotatable bonds is 5. The molecule has 0 spiro atoms. The van der Waals surface area contributed by atoms with Crippen LogP contribution in [0.25, 0.3) is 0 Å². The molecule has 0 aliphatic heterocycles. The fraction of sp³-hybridized carbons (Fsp3) is 0.533. The van der Waals surface area contributed by atoms with Crippen molar-refractivity contribution in [2.45, 2.75) is 38.2 Å². The predicted molar refractivity (Wildman–Crippen MR) is 83.0 cm³/mol. The monoisotopic (exact) mass is 326 g/mol. The number of carbonyl (C=O) groups is 1. The van der Waals surface area contributed by atoms with Gasteiger partial charge in [0, 0.05) is 18.7 Å². The van der Waals surface area contributed by atoms with Gasteiger partial charge < -0.3 is 10.4 Å². The first-order chi connectivity index (χ1) is 10.5. The first-order valence-corrected chi connectivity index (χ1v) is 7.77. The highest BCUT2D eigenvalue weighted by atomic mass is 35.5. The Morgan fingerprint density at radius 2 is 2.09 bits per heavy atom. The fourth-order valence-corrected chi connectivity index (χ4v) is 2.98. The molecule has 1 aliphatic carbocycles. The zero-order chi connectivity index (χ0) is 16.1.